The summed E-state index contributed by atoms with van der Waals surface area (Å²) in [4.78, 5) is 25.9. The van der Waals surface area contributed by atoms with E-state index in [1.165, 1.54) is 0 Å². The summed E-state index contributed by atoms with van der Waals surface area (Å²) in [5.41, 5.74) is 3.87. The molecule has 1 heterocycles. The van der Waals surface area contributed by atoms with Crippen molar-refractivity contribution < 1.29 is 18.9 Å². The molecule has 0 spiro atoms. The summed E-state index contributed by atoms with van der Waals surface area (Å²) in [6, 6.07) is 22.0. The molecule has 0 radical (unpaired) electrons. The normalized spacial score (nSPS) is 13.0. The quantitative estimate of drug-likeness (QED) is 0.328. The van der Waals surface area contributed by atoms with E-state index in [1.54, 1.807) is 24.3 Å². The number of halogens is 1. The Morgan fingerprint density at radius 1 is 0.931 bits per heavy atom. The zero-order chi connectivity index (χ0) is 20.6. The van der Waals surface area contributed by atoms with Gasteiger partial charge in [-0.25, -0.2) is 0 Å². The fourth-order valence-corrected chi connectivity index (χ4v) is 4.93. The van der Waals surface area contributed by atoms with Gasteiger partial charge in [-0.05, 0) is 36.4 Å². The van der Waals surface area contributed by atoms with Gasteiger partial charge in [0.2, 0.25) is 0 Å². The summed E-state index contributed by atoms with van der Waals surface area (Å²) in [5, 5.41) is 0.562. The fourth-order valence-electron chi connectivity index (χ4n) is 3.28. The first-order chi connectivity index (χ1) is 13.8. The van der Waals surface area contributed by atoms with Gasteiger partial charge in [0.05, 0.1) is 0 Å². The Hall–Kier alpha value is -2.21. The Bertz CT molecular complexity index is 1090. The van der Waals surface area contributed by atoms with Crippen LogP contribution in [-0.4, -0.2) is 7.05 Å². The zero-order valence-corrected chi connectivity index (χ0v) is 17.7. The van der Waals surface area contributed by atoms with Crippen LogP contribution in [0.1, 0.15) is 11.1 Å². The maximum Gasteiger partial charge on any atom is 0.171 e. The fraction of sp³-hybridized carbons (Fsp3) is 0.0476. The predicted molar refractivity (Wildman–Crippen MR) is 113 cm³/mol. The molecule has 1 aliphatic heterocycles. The zero-order valence-electron chi connectivity index (χ0n) is 15.2. The molecular weight excluding hydrogens is 429 g/mol. The average Bonchev–Trinajstić information content (AvgIpc) is 2.69. The standard InChI is InChI=1S/C21H17ClNO4PS/c1-23-18-8-4-2-6-16(18)20(17-7-3-5-9-19(17)23)21(27-28(24,25)26)29-15-12-10-14(22)11-13-15/h2-13H,1H3,(H2,24,25,26)/p-2. The van der Waals surface area contributed by atoms with Crippen molar-refractivity contribution in [2.75, 3.05) is 11.9 Å². The molecule has 0 aromatic heterocycles. The second-order valence-electron chi connectivity index (χ2n) is 6.35. The number of nitrogens with zero attached hydrogens (tertiary/aromatic N) is 1. The minimum absolute atomic E-state index is 0.00801. The number of para-hydroxylation sites is 2. The van der Waals surface area contributed by atoms with Crippen molar-refractivity contribution in [3.8, 4) is 0 Å². The molecule has 0 bridgehead atoms. The molecule has 148 valence electrons. The summed E-state index contributed by atoms with van der Waals surface area (Å²) in [6.07, 6.45) is 0. The van der Waals surface area contributed by atoms with E-state index in [0.717, 1.165) is 34.3 Å². The number of benzene rings is 3. The van der Waals surface area contributed by atoms with Crippen LogP contribution in [0.3, 0.4) is 0 Å². The van der Waals surface area contributed by atoms with Gasteiger partial charge in [0.1, 0.15) is 7.82 Å². The number of hydrogen-bond donors (Lipinski definition) is 0. The SMILES string of the molecule is CN1c2ccccc2C(=C(OP(=O)([O-])[O-])Sc2ccc(Cl)cc2)c2ccccc21. The first-order valence-electron chi connectivity index (χ1n) is 8.65. The van der Waals surface area contributed by atoms with Gasteiger partial charge in [0.15, 0.2) is 5.09 Å². The van der Waals surface area contributed by atoms with E-state index in [-0.39, 0.29) is 5.09 Å². The van der Waals surface area contributed by atoms with Crippen LogP contribution >= 0.6 is 31.2 Å². The van der Waals surface area contributed by atoms with Gasteiger partial charge >= 0.3 is 0 Å². The van der Waals surface area contributed by atoms with E-state index in [2.05, 4.69) is 0 Å². The molecule has 4 rings (SSSR count). The van der Waals surface area contributed by atoms with Gasteiger partial charge in [0, 0.05) is 45.0 Å². The predicted octanol–water partition coefficient (Wildman–Crippen LogP) is 4.78. The van der Waals surface area contributed by atoms with Crippen LogP contribution in [0.5, 0.6) is 0 Å². The Balaban J connectivity index is 1.97. The van der Waals surface area contributed by atoms with Crippen molar-refractivity contribution in [2.45, 2.75) is 4.90 Å². The minimum Gasteiger partial charge on any atom is -0.780 e. The summed E-state index contributed by atoms with van der Waals surface area (Å²) in [7, 11) is -3.35. The highest BCUT2D eigenvalue weighted by Crippen LogP contribution is 2.50. The van der Waals surface area contributed by atoms with Crippen molar-refractivity contribution in [3.05, 3.63) is 94.0 Å². The highest BCUT2D eigenvalue weighted by molar-refractivity contribution is 8.03. The number of thioether (sulfide) groups is 1. The third-order valence-corrected chi connectivity index (χ3v) is 6.25. The van der Waals surface area contributed by atoms with Crippen LogP contribution in [0.4, 0.5) is 11.4 Å². The van der Waals surface area contributed by atoms with Crippen molar-refractivity contribution >= 4 is 48.1 Å². The number of hydrogen-bond acceptors (Lipinski definition) is 6. The van der Waals surface area contributed by atoms with Crippen LogP contribution in [-0.2, 0) is 9.09 Å². The van der Waals surface area contributed by atoms with Crippen molar-refractivity contribution in [1.29, 1.82) is 0 Å². The molecule has 3 aromatic rings. The molecule has 0 aliphatic carbocycles. The van der Waals surface area contributed by atoms with Crippen molar-refractivity contribution in [3.63, 3.8) is 0 Å². The molecule has 0 fully saturated rings. The van der Waals surface area contributed by atoms with Crippen LogP contribution in [0.15, 0.2) is 82.8 Å². The summed E-state index contributed by atoms with van der Waals surface area (Å²) < 4.78 is 16.6. The van der Waals surface area contributed by atoms with E-state index >= 15 is 0 Å². The molecule has 5 nitrogen and oxygen atoms in total. The lowest BCUT2D eigenvalue weighted by Crippen LogP contribution is -2.20. The van der Waals surface area contributed by atoms with Gasteiger partial charge in [-0.1, -0.05) is 59.8 Å². The molecule has 0 amide bonds. The van der Waals surface area contributed by atoms with Gasteiger partial charge in [-0.3, -0.25) is 0 Å². The van der Waals surface area contributed by atoms with Crippen LogP contribution in [0.25, 0.3) is 5.57 Å². The molecular formula is C21H15ClNO4PS-2. The number of phosphoric ester groups is 1. The lowest BCUT2D eigenvalue weighted by molar-refractivity contribution is -0.337. The highest BCUT2D eigenvalue weighted by atomic mass is 35.5. The van der Waals surface area contributed by atoms with E-state index in [1.807, 2.05) is 60.5 Å². The summed E-state index contributed by atoms with van der Waals surface area (Å²) in [6.45, 7) is 0. The Morgan fingerprint density at radius 2 is 1.45 bits per heavy atom. The van der Waals surface area contributed by atoms with Crippen LogP contribution in [0.2, 0.25) is 5.02 Å². The van der Waals surface area contributed by atoms with E-state index in [4.69, 9.17) is 16.1 Å². The third-order valence-electron chi connectivity index (χ3n) is 4.49. The number of rotatable bonds is 4. The molecule has 0 saturated heterocycles. The van der Waals surface area contributed by atoms with E-state index < -0.39 is 7.82 Å². The largest absolute Gasteiger partial charge is 0.780 e. The lowest BCUT2D eigenvalue weighted by Gasteiger charge is -2.35. The maximum atomic E-state index is 11.6. The third kappa shape index (κ3) is 4.22. The maximum absolute atomic E-state index is 11.6. The van der Waals surface area contributed by atoms with Crippen LogP contribution in [0, 0.1) is 0 Å². The molecule has 0 atom stereocenters. The van der Waals surface area contributed by atoms with Crippen molar-refractivity contribution in [1.82, 2.24) is 0 Å². The first kappa shape index (κ1) is 20.1. The van der Waals surface area contributed by atoms with E-state index in [0.29, 0.717) is 15.5 Å². The number of fused-ring (bicyclic) bond motifs is 2. The average molecular weight is 444 g/mol. The first-order valence-corrected chi connectivity index (χ1v) is 11.3. The number of anilines is 2. The lowest BCUT2D eigenvalue weighted by atomic mass is 9.91. The molecule has 0 saturated carbocycles. The monoisotopic (exact) mass is 443 g/mol. The number of phosphoric acid groups is 1. The summed E-state index contributed by atoms with van der Waals surface area (Å²) in [5.74, 6) is 0. The smallest absolute Gasteiger partial charge is 0.171 e. The molecule has 8 heteroatoms. The summed E-state index contributed by atoms with van der Waals surface area (Å²) >= 11 is 7.02. The Labute approximate surface area is 177 Å². The van der Waals surface area contributed by atoms with Gasteiger partial charge in [-0.15, -0.1) is 0 Å². The molecule has 29 heavy (non-hydrogen) atoms. The van der Waals surface area contributed by atoms with Crippen molar-refractivity contribution in [2.24, 2.45) is 0 Å². The van der Waals surface area contributed by atoms with Crippen LogP contribution < -0.4 is 14.7 Å². The van der Waals surface area contributed by atoms with Gasteiger partial charge in [-0.2, -0.15) is 0 Å². The van der Waals surface area contributed by atoms with E-state index in [9.17, 15) is 14.4 Å². The Morgan fingerprint density at radius 3 is 1.97 bits per heavy atom. The second-order valence-corrected chi connectivity index (χ2v) is 8.91. The Kier molecular flexibility index (Phi) is 5.47. The van der Waals surface area contributed by atoms with Gasteiger partial charge in [0.25, 0.3) is 0 Å². The molecule has 1 aliphatic rings. The minimum atomic E-state index is -5.29. The van der Waals surface area contributed by atoms with Gasteiger partial charge < -0.3 is 23.8 Å². The highest BCUT2D eigenvalue weighted by Gasteiger charge is 2.27. The topological polar surface area (TPSA) is 75.7 Å². The molecule has 3 aromatic carbocycles. The molecule has 0 N–H and O–H groups in total. The second kappa shape index (κ2) is 7.90. The molecule has 0 unspecified atom stereocenters.